The minimum atomic E-state index is -0.306. The number of rotatable bonds is 2. The molecule has 0 radical (unpaired) electrons. The largest absolute Gasteiger partial charge is 0.303 e. The summed E-state index contributed by atoms with van der Waals surface area (Å²) in [7, 11) is 0. The minimum absolute atomic E-state index is 0.0602. The fourth-order valence-electron chi connectivity index (χ4n) is 2.74. The first kappa shape index (κ1) is 13.4. The lowest BCUT2D eigenvalue weighted by molar-refractivity contribution is 0.103. The van der Waals surface area contributed by atoms with Gasteiger partial charge in [0.15, 0.2) is 5.82 Å². The molecule has 0 bridgehead atoms. The van der Waals surface area contributed by atoms with Crippen LogP contribution in [0.3, 0.4) is 0 Å². The van der Waals surface area contributed by atoms with Crippen molar-refractivity contribution in [3.05, 3.63) is 88.5 Å². The molecular weight excluding hydrogens is 288 g/mol. The van der Waals surface area contributed by atoms with Gasteiger partial charge in [-0.1, -0.05) is 54.6 Å². The van der Waals surface area contributed by atoms with E-state index in [9.17, 15) is 9.59 Å². The normalized spacial score (nSPS) is 11.0. The zero-order valence-corrected chi connectivity index (χ0v) is 12.1. The van der Waals surface area contributed by atoms with Crippen LogP contribution in [-0.2, 0) is 0 Å². The molecule has 0 atom stereocenters. The number of carbonyl (C=O) groups excluding carboxylic acids is 1. The van der Waals surface area contributed by atoms with Gasteiger partial charge >= 0.3 is 0 Å². The molecule has 0 fully saturated rings. The van der Waals surface area contributed by atoms with Crippen LogP contribution in [0.5, 0.6) is 0 Å². The van der Waals surface area contributed by atoms with Crippen LogP contribution in [0.1, 0.15) is 16.2 Å². The van der Waals surface area contributed by atoms with Crippen LogP contribution in [0.15, 0.2) is 71.5 Å². The number of benzene rings is 3. The Hall–Kier alpha value is -3.27. The molecule has 0 saturated heterocycles. The highest BCUT2D eigenvalue weighted by atomic mass is 16.1. The topological polar surface area (TPSA) is 62.8 Å². The van der Waals surface area contributed by atoms with Gasteiger partial charge in [-0.2, -0.15) is 0 Å². The van der Waals surface area contributed by atoms with Crippen LogP contribution in [0.2, 0.25) is 0 Å². The van der Waals surface area contributed by atoms with Gasteiger partial charge in [-0.05, 0) is 22.9 Å². The Kier molecular flexibility index (Phi) is 3.01. The molecule has 0 aliphatic heterocycles. The van der Waals surface area contributed by atoms with Crippen molar-refractivity contribution in [2.75, 3.05) is 0 Å². The van der Waals surface area contributed by atoms with Crippen molar-refractivity contribution in [2.45, 2.75) is 0 Å². The molecule has 4 rings (SSSR count). The van der Waals surface area contributed by atoms with E-state index < -0.39 is 0 Å². The van der Waals surface area contributed by atoms with Crippen molar-refractivity contribution in [1.82, 2.24) is 9.97 Å². The van der Waals surface area contributed by atoms with E-state index in [1.54, 1.807) is 30.3 Å². The summed E-state index contributed by atoms with van der Waals surface area (Å²) in [6.45, 7) is 0. The van der Waals surface area contributed by atoms with Crippen molar-refractivity contribution >= 4 is 27.5 Å². The third-order valence-corrected chi connectivity index (χ3v) is 3.86. The molecule has 3 aromatic carbocycles. The molecule has 1 N–H and O–H groups in total. The van der Waals surface area contributed by atoms with E-state index >= 15 is 0 Å². The Labute approximate surface area is 131 Å². The maximum Gasteiger partial charge on any atom is 0.259 e. The lowest BCUT2D eigenvalue weighted by Crippen LogP contribution is -2.16. The number of H-pyrrole nitrogens is 1. The van der Waals surface area contributed by atoms with Crippen LogP contribution in [0.25, 0.3) is 21.7 Å². The van der Waals surface area contributed by atoms with Gasteiger partial charge in [-0.15, -0.1) is 0 Å². The Morgan fingerprint density at radius 2 is 1.52 bits per heavy atom. The fraction of sp³-hybridized carbons (Fsp3) is 0. The van der Waals surface area contributed by atoms with Crippen LogP contribution in [0.4, 0.5) is 0 Å². The third kappa shape index (κ3) is 2.21. The Bertz CT molecular complexity index is 1110. The number of ketones is 1. The molecule has 0 aliphatic rings. The molecule has 1 aromatic heterocycles. The van der Waals surface area contributed by atoms with Crippen molar-refractivity contribution in [1.29, 1.82) is 0 Å². The van der Waals surface area contributed by atoms with Gasteiger partial charge in [-0.3, -0.25) is 9.59 Å². The number of aromatic nitrogens is 2. The van der Waals surface area contributed by atoms with E-state index in [1.165, 1.54) is 0 Å². The molecule has 4 heteroatoms. The van der Waals surface area contributed by atoms with Crippen LogP contribution < -0.4 is 5.56 Å². The molecule has 4 nitrogen and oxygen atoms in total. The van der Waals surface area contributed by atoms with E-state index in [0.29, 0.717) is 16.5 Å². The molecule has 0 aliphatic carbocycles. The second-order valence-electron chi connectivity index (χ2n) is 5.29. The summed E-state index contributed by atoms with van der Waals surface area (Å²) in [5.74, 6) is -0.227. The Morgan fingerprint density at radius 1 is 0.826 bits per heavy atom. The van der Waals surface area contributed by atoms with Crippen molar-refractivity contribution in [2.24, 2.45) is 0 Å². The third-order valence-electron chi connectivity index (χ3n) is 3.86. The summed E-state index contributed by atoms with van der Waals surface area (Å²) >= 11 is 0. The zero-order valence-electron chi connectivity index (χ0n) is 12.1. The average Bonchev–Trinajstić information content (AvgIpc) is 2.60. The van der Waals surface area contributed by atoms with E-state index in [4.69, 9.17) is 0 Å². The van der Waals surface area contributed by atoms with Gasteiger partial charge < -0.3 is 4.98 Å². The average molecular weight is 300 g/mol. The Morgan fingerprint density at radius 3 is 2.39 bits per heavy atom. The monoisotopic (exact) mass is 300 g/mol. The van der Waals surface area contributed by atoms with Gasteiger partial charge in [0.1, 0.15) is 0 Å². The number of nitrogens with one attached hydrogen (secondary N) is 1. The zero-order chi connectivity index (χ0) is 15.8. The quantitative estimate of drug-likeness (QED) is 0.578. The highest BCUT2D eigenvalue weighted by Crippen LogP contribution is 2.20. The fourth-order valence-corrected chi connectivity index (χ4v) is 2.74. The number of carbonyl (C=O) groups is 1. The number of para-hydroxylation sites is 1. The number of hydrogen-bond donors (Lipinski definition) is 1. The number of aromatic amines is 1. The molecule has 1 heterocycles. The first-order valence-corrected chi connectivity index (χ1v) is 7.25. The second kappa shape index (κ2) is 5.18. The molecular formula is C19H12N2O2. The van der Waals surface area contributed by atoms with Gasteiger partial charge in [0.25, 0.3) is 5.56 Å². The van der Waals surface area contributed by atoms with Crippen LogP contribution in [-0.4, -0.2) is 15.8 Å². The predicted octanol–water partition coefficient (Wildman–Crippen LogP) is 3.31. The van der Waals surface area contributed by atoms with Gasteiger partial charge in [-0.25, -0.2) is 4.98 Å². The van der Waals surface area contributed by atoms with Crippen molar-refractivity contribution in [3.8, 4) is 0 Å². The van der Waals surface area contributed by atoms with Crippen molar-refractivity contribution in [3.63, 3.8) is 0 Å². The summed E-state index contributed by atoms with van der Waals surface area (Å²) in [4.78, 5) is 31.9. The highest BCUT2D eigenvalue weighted by molar-refractivity contribution is 6.15. The second-order valence-corrected chi connectivity index (χ2v) is 5.29. The van der Waals surface area contributed by atoms with Gasteiger partial charge in [0, 0.05) is 5.56 Å². The van der Waals surface area contributed by atoms with Crippen molar-refractivity contribution < 1.29 is 4.79 Å². The van der Waals surface area contributed by atoms with Crippen LogP contribution in [0, 0.1) is 0 Å². The maximum absolute atomic E-state index is 12.8. The summed E-state index contributed by atoms with van der Waals surface area (Å²) in [6.07, 6.45) is 0. The SMILES string of the molecule is O=C(c1nc2ccccc2c(=O)[nH]1)c1cccc2ccccc12. The standard InChI is InChI=1S/C19H12N2O2/c22-17(14-10-5-7-12-6-1-2-8-13(12)14)18-20-16-11-4-3-9-15(16)19(23)21-18/h1-11H,(H,20,21,23). The molecule has 110 valence electrons. The van der Waals surface area contributed by atoms with Crippen LogP contribution >= 0.6 is 0 Å². The number of fused-ring (bicyclic) bond motifs is 2. The summed E-state index contributed by atoms with van der Waals surface area (Å²) in [5, 5.41) is 2.29. The lowest BCUT2D eigenvalue weighted by atomic mass is 10.0. The first-order chi connectivity index (χ1) is 11.2. The number of hydrogen-bond acceptors (Lipinski definition) is 3. The smallest absolute Gasteiger partial charge is 0.259 e. The summed E-state index contributed by atoms with van der Waals surface area (Å²) in [5.41, 5.74) is 0.737. The molecule has 0 saturated carbocycles. The molecule has 0 amide bonds. The Balaban J connectivity index is 1.93. The molecule has 23 heavy (non-hydrogen) atoms. The van der Waals surface area contributed by atoms with E-state index in [2.05, 4.69) is 9.97 Å². The highest BCUT2D eigenvalue weighted by Gasteiger charge is 2.16. The maximum atomic E-state index is 12.8. The minimum Gasteiger partial charge on any atom is -0.303 e. The first-order valence-electron chi connectivity index (χ1n) is 7.25. The van der Waals surface area contributed by atoms with E-state index in [1.807, 2.05) is 36.4 Å². The summed E-state index contributed by atoms with van der Waals surface area (Å²) < 4.78 is 0. The van der Waals surface area contributed by atoms with E-state index in [-0.39, 0.29) is 17.2 Å². The number of nitrogens with zero attached hydrogens (tertiary/aromatic N) is 1. The predicted molar refractivity (Wildman–Crippen MR) is 89.7 cm³/mol. The lowest BCUT2D eigenvalue weighted by Gasteiger charge is -2.06. The summed E-state index contributed by atoms with van der Waals surface area (Å²) in [6, 6.07) is 20.1. The molecule has 0 unspecified atom stereocenters. The molecule has 4 aromatic rings. The van der Waals surface area contributed by atoms with E-state index in [0.717, 1.165) is 10.8 Å². The molecule has 0 spiro atoms. The van der Waals surface area contributed by atoms with Gasteiger partial charge in [0.05, 0.1) is 10.9 Å². The van der Waals surface area contributed by atoms with Gasteiger partial charge in [0.2, 0.25) is 5.78 Å².